The number of hydrogen-bond donors (Lipinski definition) is 0. The molecule has 1 aliphatic rings. The second-order valence-corrected chi connectivity index (χ2v) is 8.26. The van der Waals surface area contributed by atoms with Gasteiger partial charge in [-0.2, -0.15) is 0 Å². The van der Waals surface area contributed by atoms with E-state index < -0.39 is 0 Å². The molecule has 0 N–H and O–H groups in total. The van der Waals surface area contributed by atoms with Crippen molar-refractivity contribution in [2.24, 2.45) is 0 Å². The van der Waals surface area contributed by atoms with Gasteiger partial charge in [0.05, 0.1) is 16.4 Å². The van der Waals surface area contributed by atoms with Crippen molar-refractivity contribution < 1.29 is 0 Å². The maximum Gasteiger partial charge on any atom is 0.0964 e. The second-order valence-electron chi connectivity index (χ2n) is 6.45. The molecule has 3 heterocycles. The first-order valence-corrected chi connectivity index (χ1v) is 10.3. The van der Waals surface area contributed by atoms with Gasteiger partial charge in [0.1, 0.15) is 0 Å². The van der Waals surface area contributed by atoms with Crippen LogP contribution in [0.25, 0.3) is 11.3 Å². The molecule has 3 nitrogen and oxygen atoms in total. The number of nitrogens with zero attached hydrogens (tertiary/aromatic N) is 3. The van der Waals surface area contributed by atoms with Crippen LogP contribution in [0.2, 0.25) is 0 Å². The Morgan fingerprint density at radius 1 is 1.12 bits per heavy atom. The van der Waals surface area contributed by atoms with E-state index in [1.165, 1.54) is 23.4 Å². The first-order chi connectivity index (χ1) is 12.3. The monoisotopic (exact) mass is 413 g/mol. The molecular weight excluding hydrogens is 394 g/mol. The van der Waals surface area contributed by atoms with E-state index in [4.69, 9.17) is 4.98 Å². The second kappa shape index (κ2) is 7.77. The van der Waals surface area contributed by atoms with Crippen LogP contribution in [0, 0.1) is 0 Å². The van der Waals surface area contributed by atoms with Gasteiger partial charge in [-0.1, -0.05) is 34.1 Å². The fourth-order valence-corrected chi connectivity index (χ4v) is 4.71. The third-order valence-corrected chi connectivity index (χ3v) is 6.19. The average molecular weight is 414 g/mol. The highest BCUT2D eigenvalue weighted by Crippen LogP contribution is 2.33. The van der Waals surface area contributed by atoms with Crippen LogP contribution in [-0.2, 0) is 6.54 Å². The molecule has 5 heteroatoms. The molecule has 1 fully saturated rings. The van der Waals surface area contributed by atoms with E-state index in [9.17, 15) is 0 Å². The zero-order valence-electron chi connectivity index (χ0n) is 13.9. The summed E-state index contributed by atoms with van der Waals surface area (Å²) in [5, 5.41) is 3.48. The van der Waals surface area contributed by atoms with Crippen LogP contribution < -0.4 is 0 Å². The van der Waals surface area contributed by atoms with Gasteiger partial charge in [0.15, 0.2) is 0 Å². The molecule has 0 spiro atoms. The van der Waals surface area contributed by atoms with Gasteiger partial charge in [-0.3, -0.25) is 9.88 Å². The molecule has 1 aliphatic heterocycles. The van der Waals surface area contributed by atoms with Crippen molar-refractivity contribution in [3.8, 4) is 11.3 Å². The summed E-state index contributed by atoms with van der Waals surface area (Å²) >= 11 is 5.35. The molecule has 0 atom stereocenters. The molecule has 3 aromatic rings. The summed E-state index contributed by atoms with van der Waals surface area (Å²) in [6.07, 6.45) is 4.23. The minimum Gasteiger partial charge on any atom is -0.297 e. The Kier molecular flexibility index (Phi) is 5.25. The number of piperidine rings is 1. The fourth-order valence-electron chi connectivity index (χ4n) is 3.31. The lowest BCUT2D eigenvalue weighted by molar-refractivity contribution is 0.202. The van der Waals surface area contributed by atoms with Gasteiger partial charge in [0.2, 0.25) is 0 Å². The molecule has 4 rings (SSSR count). The Bertz CT molecular complexity index is 826. The normalized spacial score (nSPS) is 16.2. The number of pyridine rings is 1. The Hall–Kier alpha value is -1.56. The minimum absolute atomic E-state index is 0.589. The van der Waals surface area contributed by atoms with Crippen LogP contribution in [0.3, 0.4) is 0 Å². The standard InChI is InChI=1S/C20H20BrN3S/c21-17-5-3-4-16(12-17)19-14-25-20(23-19)15-7-10-24(11-8-15)13-18-6-1-2-9-22-18/h1-6,9,12,14-15H,7-8,10-11,13H2. The Morgan fingerprint density at radius 3 is 2.76 bits per heavy atom. The molecule has 0 saturated carbocycles. The number of aromatic nitrogens is 2. The maximum atomic E-state index is 4.92. The lowest BCUT2D eigenvalue weighted by atomic mass is 9.97. The predicted octanol–water partition coefficient (Wildman–Crippen LogP) is 5.35. The quantitative estimate of drug-likeness (QED) is 0.577. The van der Waals surface area contributed by atoms with Gasteiger partial charge in [-0.25, -0.2) is 4.98 Å². The summed E-state index contributed by atoms with van der Waals surface area (Å²) in [5.74, 6) is 0.589. The van der Waals surface area contributed by atoms with E-state index >= 15 is 0 Å². The lowest BCUT2D eigenvalue weighted by Crippen LogP contribution is -2.32. The molecule has 0 amide bonds. The van der Waals surface area contributed by atoms with Gasteiger partial charge in [-0.05, 0) is 50.2 Å². The number of halogens is 1. The van der Waals surface area contributed by atoms with Crippen molar-refractivity contribution in [2.75, 3.05) is 13.1 Å². The minimum atomic E-state index is 0.589. The molecule has 1 aromatic carbocycles. The zero-order chi connectivity index (χ0) is 17.1. The number of likely N-dealkylation sites (tertiary alicyclic amines) is 1. The van der Waals surface area contributed by atoms with Crippen LogP contribution in [0.15, 0.2) is 58.5 Å². The Morgan fingerprint density at radius 2 is 2.00 bits per heavy atom. The molecular formula is C20H20BrN3S. The van der Waals surface area contributed by atoms with Crippen LogP contribution in [0.1, 0.15) is 29.5 Å². The van der Waals surface area contributed by atoms with Crippen LogP contribution >= 0.6 is 27.3 Å². The first-order valence-electron chi connectivity index (χ1n) is 8.61. The van der Waals surface area contributed by atoms with Crippen molar-refractivity contribution in [2.45, 2.75) is 25.3 Å². The highest BCUT2D eigenvalue weighted by molar-refractivity contribution is 9.10. The highest BCUT2D eigenvalue weighted by Gasteiger charge is 2.23. The molecule has 2 aromatic heterocycles. The summed E-state index contributed by atoms with van der Waals surface area (Å²) in [6.45, 7) is 3.19. The average Bonchev–Trinajstić information content (AvgIpc) is 3.13. The van der Waals surface area contributed by atoms with Gasteiger partial charge in [-0.15, -0.1) is 11.3 Å². The number of rotatable bonds is 4. The SMILES string of the molecule is Brc1cccc(-c2csc(C3CCN(Cc4ccccn4)CC3)n2)c1. The summed E-state index contributed by atoms with van der Waals surface area (Å²) in [6, 6.07) is 14.5. The van der Waals surface area contributed by atoms with E-state index in [0.717, 1.165) is 35.5 Å². The van der Waals surface area contributed by atoms with Crippen molar-refractivity contribution in [1.82, 2.24) is 14.9 Å². The summed E-state index contributed by atoms with van der Waals surface area (Å²) < 4.78 is 1.10. The van der Waals surface area contributed by atoms with Crippen LogP contribution in [0.5, 0.6) is 0 Å². The first kappa shape index (κ1) is 16.9. The molecule has 1 saturated heterocycles. The predicted molar refractivity (Wildman–Crippen MR) is 107 cm³/mol. The lowest BCUT2D eigenvalue weighted by Gasteiger charge is -2.30. The largest absolute Gasteiger partial charge is 0.297 e. The molecule has 128 valence electrons. The summed E-state index contributed by atoms with van der Waals surface area (Å²) in [7, 11) is 0. The van der Waals surface area contributed by atoms with Gasteiger partial charge >= 0.3 is 0 Å². The maximum absolute atomic E-state index is 4.92. The summed E-state index contributed by atoms with van der Waals surface area (Å²) in [4.78, 5) is 11.9. The van der Waals surface area contributed by atoms with E-state index in [1.54, 1.807) is 11.3 Å². The van der Waals surface area contributed by atoms with E-state index in [2.05, 4.69) is 61.5 Å². The van der Waals surface area contributed by atoms with Crippen LogP contribution in [-0.4, -0.2) is 28.0 Å². The fraction of sp³-hybridized carbons (Fsp3) is 0.300. The Labute approximate surface area is 160 Å². The van der Waals surface area contributed by atoms with Crippen molar-refractivity contribution in [1.29, 1.82) is 0 Å². The number of thiazole rings is 1. The zero-order valence-corrected chi connectivity index (χ0v) is 16.3. The molecule has 0 unspecified atom stereocenters. The third kappa shape index (κ3) is 4.17. The molecule has 0 bridgehead atoms. The highest BCUT2D eigenvalue weighted by atomic mass is 79.9. The van der Waals surface area contributed by atoms with Gasteiger partial charge < -0.3 is 0 Å². The van der Waals surface area contributed by atoms with Gasteiger partial charge in [0.25, 0.3) is 0 Å². The van der Waals surface area contributed by atoms with E-state index in [0.29, 0.717) is 5.92 Å². The molecule has 0 radical (unpaired) electrons. The molecule has 0 aliphatic carbocycles. The van der Waals surface area contributed by atoms with Crippen molar-refractivity contribution >= 4 is 27.3 Å². The van der Waals surface area contributed by atoms with Crippen molar-refractivity contribution in [3.05, 3.63) is 69.2 Å². The number of hydrogen-bond acceptors (Lipinski definition) is 4. The molecule has 25 heavy (non-hydrogen) atoms. The van der Waals surface area contributed by atoms with Crippen LogP contribution in [0.4, 0.5) is 0 Å². The van der Waals surface area contributed by atoms with Crippen molar-refractivity contribution in [3.63, 3.8) is 0 Å². The van der Waals surface area contributed by atoms with E-state index in [1.807, 2.05) is 18.3 Å². The topological polar surface area (TPSA) is 29.0 Å². The third-order valence-electron chi connectivity index (χ3n) is 4.69. The summed E-state index contributed by atoms with van der Waals surface area (Å²) in [5.41, 5.74) is 3.44. The van der Waals surface area contributed by atoms with E-state index in [-0.39, 0.29) is 0 Å². The number of benzene rings is 1. The smallest absolute Gasteiger partial charge is 0.0964 e. The van der Waals surface area contributed by atoms with Gasteiger partial charge in [0, 0.05) is 34.1 Å². The Balaban J connectivity index is 1.38.